The molecule has 0 saturated heterocycles. The maximum Gasteiger partial charge on any atom is 0.244 e. The van der Waals surface area contributed by atoms with Crippen LogP contribution >= 0.6 is 0 Å². The fourth-order valence-electron chi connectivity index (χ4n) is 2.85. The number of carbonyl (C=O) groups is 1. The number of carbonyl (C=O) groups excluding carboxylic acids is 1. The van der Waals surface area contributed by atoms with Gasteiger partial charge in [-0.3, -0.25) is 4.79 Å². The number of furan rings is 2. The molecule has 2 heterocycles. The predicted octanol–water partition coefficient (Wildman–Crippen LogP) is 4.94. The molecule has 0 aliphatic carbocycles. The van der Waals surface area contributed by atoms with Gasteiger partial charge in [-0.2, -0.15) is 0 Å². The van der Waals surface area contributed by atoms with Crippen molar-refractivity contribution < 1.29 is 13.6 Å². The molecule has 0 aliphatic heterocycles. The molecule has 1 N–H and O–H groups in total. The van der Waals surface area contributed by atoms with Gasteiger partial charge in [0.1, 0.15) is 23.1 Å². The van der Waals surface area contributed by atoms with Gasteiger partial charge in [0.05, 0.1) is 6.26 Å². The molecule has 0 aliphatic rings. The van der Waals surface area contributed by atoms with Crippen molar-refractivity contribution in [2.75, 3.05) is 0 Å². The van der Waals surface area contributed by atoms with Crippen LogP contribution in [-0.2, 0) is 4.79 Å². The summed E-state index contributed by atoms with van der Waals surface area (Å²) < 4.78 is 11.2. The Kier molecular flexibility index (Phi) is 4.39. The number of benzene rings is 2. The zero-order valence-corrected chi connectivity index (χ0v) is 14.0. The summed E-state index contributed by atoms with van der Waals surface area (Å²) in [5.41, 5.74) is 1.75. The minimum absolute atomic E-state index is 0.226. The molecule has 2 aromatic heterocycles. The van der Waals surface area contributed by atoms with Crippen molar-refractivity contribution >= 4 is 23.0 Å². The Balaban J connectivity index is 1.53. The van der Waals surface area contributed by atoms with Crippen molar-refractivity contribution in [3.63, 3.8) is 0 Å². The second kappa shape index (κ2) is 7.15. The summed E-state index contributed by atoms with van der Waals surface area (Å²) in [6.07, 6.45) is 4.73. The Morgan fingerprint density at radius 3 is 2.54 bits per heavy atom. The highest BCUT2D eigenvalue weighted by atomic mass is 16.3. The number of rotatable bonds is 5. The molecule has 0 fully saturated rings. The van der Waals surface area contributed by atoms with Crippen molar-refractivity contribution in [3.8, 4) is 0 Å². The molecule has 0 bridgehead atoms. The van der Waals surface area contributed by atoms with Crippen molar-refractivity contribution in [3.05, 3.63) is 102 Å². The Bertz CT molecular complexity index is 997. The molecular formula is C22H17NO3. The zero-order chi connectivity index (χ0) is 17.8. The minimum atomic E-state index is -0.348. The summed E-state index contributed by atoms with van der Waals surface area (Å²) in [5.74, 6) is 1.09. The molecule has 4 heteroatoms. The van der Waals surface area contributed by atoms with Crippen LogP contribution in [0.1, 0.15) is 23.1 Å². The third-order valence-corrected chi connectivity index (χ3v) is 4.09. The number of hydrogen-bond acceptors (Lipinski definition) is 3. The van der Waals surface area contributed by atoms with E-state index in [4.69, 9.17) is 8.83 Å². The standard InChI is InChI=1S/C22H17NO3/c24-21(13-12-18-15-17-9-4-5-10-19(17)26-18)23-22(20-11-6-14-25-20)16-7-2-1-3-8-16/h1-15,22H,(H,23,24)/b13-12+. The summed E-state index contributed by atoms with van der Waals surface area (Å²) in [5, 5.41) is 3.98. The predicted molar refractivity (Wildman–Crippen MR) is 100 cm³/mol. The van der Waals surface area contributed by atoms with Gasteiger partial charge < -0.3 is 14.2 Å². The first kappa shape index (κ1) is 16.0. The smallest absolute Gasteiger partial charge is 0.244 e. The van der Waals surface area contributed by atoms with Crippen LogP contribution in [0.15, 0.2) is 94.0 Å². The van der Waals surface area contributed by atoms with Crippen LogP contribution in [0.5, 0.6) is 0 Å². The van der Waals surface area contributed by atoms with Crippen LogP contribution in [0.25, 0.3) is 17.0 Å². The largest absolute Gasteiger partial charge is 0.467 e. The maximum absolute atomic E-state index is 12.4. The first-order valence-electron chi connectivity index (χ1n) is 8.35. The SMILES string of the molecule is O=C(/C=C/c1cc2ccccc2o1)NC(c1ccccc1)c1ccco1. The van der Waals surface area contributed by atoms with Crippen LogP contribution in [0.3, 0.4) is 0 Å². The lowest BCUT2D eigenvalue weighted by Crippen LogP contribution is -2.27. The summed E-state index contributed by atoms with van der Waals surface area (Å²) in [7, 11) is 0. The summed E-state index contributed by atoms with van der Waals surface area (Å²) in [6.45, 7) is 0. The first-order chi connectivity index (χ1) is 12.8. The fraction of sp³-hybridized carbons (Fsp3) is 0.0455. The second-order valence-electron chi connectivity index (χ2n) is 5.89. The van der Waals surface area contributed by atoms with Crippen molar-refractivity contribution in [2.24, 2.45) is 0 Å². The molecule has 1 amide bonds. The van der Waals surface area contributed by atoms with Crippen molar-refractivity contribution in [1.29, 1.82) is 0 Å². The Morgan fingerprint density at radius 2 is 1.77 bits per heavy atom. The lowest BCUT2D eigenvalue weighted by molar-refractivity contribution is -0.117. The van der Waals surface area contributed by atoms with Crippen molar-refractivity contribution in [2.45, 2.75) is 6.04 Å². The highest BCUT2D eigenvalue weighted by Gasteiger charge is 2.18. The maximum atomic E-state index is 12.4. The molecule has 1 atom stereocenters. The van der Waals surface area contributed by atoms with Crippen LogP contribution < -0.4 is 5.32 Å². The minimum Gasteiger partial charge on any atom is -0.467 e. The number of amides is 1. The van der Waals surface area contributed by atoms with Gasteiger partial charge in [0.2, 0.25) is 5.91 Å². The van der Waals surface area contributed by atoms with Gasteiger partial charge in [0, 0.05) is 11.5 Å². The van der Waals surface area contributed by atoms with E-state index in [-0.39, 0.29) is 11.9 Å². The van der Waals surface area contributed by atoms with Crippen molar-refractivity contribution in [1.82, 2.24) is 5.32 Å². The lowest BCUT2D eigenvalue weighted by atomic mass is 10.0. The third kappa shape index (κ3) is 3.44. The van der Waals surface area contributed by atoms with E-state index in [0.29, 0.717) is 11.5 Å². The number of para-hydroxylation sites is 1. The summed E-state index contributed by atoms with van der Waals surface area (Å²) in [4.78, 5) is 12.4. The van der Waals surface area contributed by atoms with E-state index in [2.05, 4.69) is 5.32 Å². The molecule has 0 radical (unpaired) electrons. The molecule has 128 valence electrons. The number of hydrogen-bond donors (Lipinski definition) is 1. The van der Waals surface area contributed by atoms with Gasteiger partial charge >= 0.3 is 0 Å². The molecule has 4 rings (SSSR count). The average molecular weight is 343 g/mol. The average Bonchev–Trinajstić information content (AvgIpc) is 3.34. The normalized spacial score (nSPS) is 12.5. The highest BCUT2D eigenvalue weighted by molar-refractivity contribution is 5.92. The Labute approximate surface area is 150 Å². The van der Waals surface area contributed by atoms with Gasteiger partial charge in [-0.15, -0.1) is 0 Å². The van der Waals surface area contributed by atoms with Crippen LogP contribution in [0.2, 0.25) is 0 Å². The number of nitrogens with one attached hydrogen (secondary N) is 1. The fourth-order valence-corrected chi connectivity index (χ4v) is 2.85. The van der Waals surface area contributed by atoms with Gasteiger partial charge in [-0.05, 0) is 35.9 Å². The van der Waals surface area contributed by atoms with E-state index in [1.54, 1.807) is 12.3 Å². The quantitative estimate of drug-likeness (QED) is 0.522. The third-order valence-electron chi connectivity index (χ3n) is 4.09. The summed E-state index contributed by atoms with van der Waals surface area (Å²) in [6, 6.07) is 22.7. The first-order valence-corrected chi connectivity index (χ1v) is 8.35. The topological polar surface area (TPSA) is 55.4 Å². The van der Waals surface area contributed by atoms with Gasteiger partial charge in [0.15, 0.2) is 0 Å². The number of fused-ring (bicyclic) bond motifs is 1. The molecule has 4 aromatic rings. The van der Waals surface area contributed by atoms with Gasteiger partial charge in [-0.25, -0.2) is 0 Å². The van der Waals surface area contributed by atoms with E-state index >= 15 is 0 Å². The molecule has 26 heavy (non-hydrogen) atoms. The Morgan fingerprint density at radius 1 is 0.962 bits per heavy atom. The molecular weight excluding hydrogens is 326 g/mol. The highest BCUT2D eigenvalue weighted by Crippen LogP contribution is 2.23. The van der Waals surface area contributed by atoms with Crippen LogP contribution in [-0.4, -0.2) is 5.91 Å². The second-order valence-corrected chi connectivity index (χ2v) is 5.89. The van der Waals surface area contributed by atoms with Gasteiger partial charge in [-0.1, -0.05) is 48.5 Å². The molecule has 0 saturated carbocycles. The van der Waals surface area contributed by atoms with Crippen LogP contribution in [0.4, 0.5) is 0 Å². The lowest BCUT2D eigenvalue weighted by Gasteiger charge is -2.16. The molecule has 4 nitrogen and oxygen atoms in total. The van der Waals surface area contributed by atoms with E-state index < -0.39 is 0 Å². The molecule has 0 spiro atoms. The van der Waals surface area contributed by atoms with E-state index in [0.717, 1.165) is 16.5 Å². The van der Waals surface area contributed by atoms with Crippen LogP contribution in [0, 0.1) is 0 Å². The monoisotopic (exact) mass is 343 g/mol. The van der Waals surface area contributed by atoms with E-state index in [1.165, 1.54) is 6.08 Å². The zero-order valence-electron chi connectivity index (χ0n) is 14.0. The summed E-state index contributed by atoms with van der Waals surface area (Å²) >= 11 is 0. The molecule has 2 aromatic carbocycles. The van der Waals surface area contributed by atoms with E-state index in [1.807, 2.05) is 72.8 Å². The Hall–Kier alpha value is -3.53. The van der Waals surface area contributed by atoms with E-state index in [9.17, 15) is 4.79 Å². The molecule has 1 unspecified atom stereocenters. The van der Waals surface area contributed by atoms with Gasteiger partial charge in [0.25, 0.3) is 0 Å².